The second kappa shape index (κ2) is 14.3. The summed E-state index contributed by atoms with van der Waals surface area (Å²) in [5, 5.41) is 15.5. The fourth-order valence-electron chi connectivity index (χ4n) is 4.20. The molecule has 44 heavy (non-hydrogen) atoms. The zero-order valence-corrected chi connectivity index (χ0v) is 24.7. The van der Waals surface area contributed by atoms with E-state index in [9.17, 15) is 27.9 Å². The van der Waals surface area contributed by atoms with Crippen molar-refractivity contribution in [2.75, 3.05) is 20.8 Å². The number of rotatable bonds is 13. The molecule has 3 aromatic carbocycles. The van der Waals surface area contributed by atoms with Crippen LogP contribution < -0.4 is 30.4 Å². The number of carboxylic acid groups (broad SMARTS) is 1. The molecule has 1 atom stereocenters. The highest BCUT2D eigenvalue weighted by Crippen LogP contribution is 2.29. The van der Waals surface area contributed by atoms with Crippen LogP contribution in [0.25, 0.3) is 17.0 Å². The summed E-state index contributed by atoms with van der Waals surface area (Å²) in [6, 6.07) is 16.3. The third kappa shape index (κ3) is 8.20. The van der Waals surface area contributed by atoms with Crippen LogP contribution in [0.5, 0.6) is 11.5 Å². The molecule has 1 heterocycles. The van der Waals surface area contributed by atoms with Crippen molar-refractivity contribution in [2.24, 2.45) is 0 Å². The number of aromatic amines is 1. The number of sulfonamides is 1. The van der Waals surface area contributed by atoms with Crippen molar-refractivity contribution in [3.05, 3.63) is 100 Å². The number of hydrogen-bond donors (Lipinski definition) is 5. The third-order valence-corrected chi connectivity index (χ3v) is 7.89. The van der Waals surface area contributed by atoms with Crippen molar-refractivity contribution in [3.8, 4) is 11.5 Å². The minimum atomic E-state index is -4.30. The quantitative estimate of drug-likeness (QED) is 0.149. The highest BCUT2D eigenvalue weighted by molar-refractivity contribution is 7.89. The van der Waals surface area contributed by atoms with Crippen molar-refractivity contribution in [1.82, 2.24) is 25.3 Å². The molecule has 0 saturated heterocycles. The maximum Gasteiger partial charge on any atom is 0.322 e. The Morgan fingerprint density at radius 2 is 1.75 bits per heavy atom. The van der Waals surface area contributed by atoms with E-state index < -0.39 is 34.0 Å². The van der Waals surface area contributed by atoms with Crippen LogP contribution in [0, 0.1) is 0 Å². The van der Waals surface area contributed by atoms with Crippen LogP contribution in [0.2, 0.25) is 0 Å². The van der Waals surface area contributed by atoms with E-state index in [1.165, 1.54) is 32.4 Å². The number of aliphatic carboxylic acids is 1. The Morgan fingerprint density at radius 3 is 2.45 bits per heavy atom. The highest BCUT2D eigenvalue weighted by Gasteiger charge is 2.27. The molecule has 0 spiro atoms. The maximum atomic E-state index is 13.0. The van der Waals surface area contributed by atoms with E-state index in [-0.39, 0.29) is 34.4 Å². The van der Waals surface area contributed by atoms with Crippen molar-refractivity contribution >= 4 is 39.0 Å². The van der Waals surface area contributed by atoms with E-state index in [1.807, 2.05) is 30.3 Å². The number of methoxy groups -OCH3 is 2. The summed E-state index contributed by atoms with van der Waals surface area (Å²) >= 11 is 0. The van der Waals surface area contributed by atoms with Crippen LogP contribution in [0.15, 0.2) is 82.5 Å². The zero-order valence-electron chi connectivity index (χ0n) is 23.9. The lowest BCUT2D eigenvalue weighted by Gasteiger charge is -2.16. The number of urea groups is 1. The molecule has 0 aliphatic carbocycles. The van der Waals surface area contributed by atoms with Crippen molar-refractivity contribution in [3.63, 3.8) is 0 Å². The predicted molar refractivity (Wildman–Crippen MR) is 163 cm³/mol. The molecule has 230 valence electrons. The molecular weight excluding hydrogens is 590 g/mol. The van der Waals surface area contributed by atoms with Crippen molar-refractivity contribution in [2.45, 2.75) is 23.9 Å². The summed E-state index contributed by atoms with van der Waals surface area (Å²) in [6.07, 6.45) is 3.03. The fraction of sp³-hybridized carbons (Fsp3) is 0.200. The van der Waals surface area contributed by atoms with E-state index in [0.717, 1.165) is 5.56 Å². The summed E-state index contributed by atoms with van der Waals surface area (Å²) in [4.78, 5) is 43.5. The Kier molecular flexibility index (Phi) is 10.3. The number of aromatic nitrogens is 2. The Labute approximate surface area is 253 Å². The highest BCUT2D eigenvalue weighted by atomic mass is 32.2. The summed E-state index contributed by atoms with van der Waals surface area (Å²) in [5.41, 5.74) is 1.43. The standard InChI is InChI=1S/C30H31N5O8S/c1-42-25-13-11-21(16-26(25)43-2)44(40,41)35-24(29(37)38)17-27-33-23-12-10-19(15-22(23)28(36)34-27)9-6-14-31-30(39)32-18-20-7-4-3-5-8-20/h3-13,15-16,24,35H,14,17-18H2,1-2H3,(H,37,38)(H2,31,32,39)(H,33,34,36)/b9-6+/t24-/m0/s1. The number of carbonyl (C=O) groups is 2. The lowest BCUT2D eigenvalue weighted by molar-refractivity contribution is -0.139. The van der Waals surface area contributed by atoms with Crippen molar-refractivity contribution < 1.29 is 32.6 Å². The monoisotopic (exact) mass is 621 g/mol. The van der Waals surface area contributed by atoms with Crippen LogP contribution in [-0.4, -0.2) is 62.3 Å². The van der Waals surface area contributed by atoms with Gasteiger partial charge in [-0.25, -0.2) is 18.2 Å². The molecular formula is C30H31N5O8S. The first-order chi connectivity index (χ1) is 21.1. The summed E-state index contributed by atoms with van der Waals surface area (Å²) < 4.78 is 38.3. The van der Waals surface area contributed by atoms with Crippen molar-refractivity contribution in [1.29, 1.82) is 0 Å². The van der Waals surface area contributed by atoms with Crippen LogP contribution >= 0.6 is 0 Å². The van der Waals surface area contributed by atoms with Gasteiger partial charge in [0.15, 0.2) is 11.5 Å². The van der Waals surface area contributed by atoms with Crippen LogP contribution in [-0.2, 0) is 27.8 Å². The molecule has 0 saturated carbocycles. The third-order valence-electron chi connectivity index (χ3n) is 6.42. The Hall–Kier alpha value is -5.21. The van der Waals surface area contributed by atoms with E-state index >= 15 is 0 Å². The van der Waals surface area contributed by atoms with Gasteiger partial charge in [0.25, 0.3) is 5.56 Å². The number of hydrogen-bond acceptors (Lipinski definition) is 8. The normalized spacial score (nSPS) is 12.1. The van der Waals surface area contributed by atoms with Gasteiger partial charge in [-0.2, -0.15) is 4.72 Å². The zero-order chi connectivity index (χ0) is 31.7. The lowest BCUT2D eigenvalue weighted by atomic mass is 10.1. The molecule has 14 heteroatoms. The SMILES string of the molecule is COc1ccc(S(=O)(=O)N[C@@H](Cc2nc3ccc(/C=C/CNC(=O)NCc4ccccc4)cc3c(=O)[nH]2)C(=O)O)cc1OC. The van der Waals surface area contributed by atoms with Gasteiger partial charge in [0, 0.05) is 25.6 Å². The summed E-state index contributed by atoms with van der Waals surface area (Å²) in [6.45, 7) is 0.651. The smallest absolute Gasteiger partial charge is 0.322 e. The number of ether oxygens (including phenoxy) is 2. The van der Waals surface area contributed by atoms with Gasteiger partial charge in [0.1, 0.15) is 11.9 Å². The maximum absolute atomic E-state index is 13.0. The number of amides is 2. The molecule has 13 nitrogen and oxygen atoms in total. The van der Waals surface area contributed by atoms with Crippen LogP contribution in [0.4, 0.5) is 4.79 Å². The van der Waals surface area contributed by atoms with Gasteiger partial charge in [0.05, 0.1) is 30.0 Å². The number of nitrogens with one attached hydrogen (secondary N) is 4. The summed E-state index contributed by atoms with van der Waals surface area (Å²) in [7, 11) is -1.56. The molecule has 0 unspecified atom stereocenters. The molecule has 1 aromatic heterocycles. The first kappa shape index (κ1) is 31.7. The lowest BCUT2D eigenvalue weighted by Crippen LogP contribution is -2.42. The first-order valence-electron chi connectivity index (χ1n) is 13.3. The molecule has 0 aliphatic heterocycles. The Morgan fingerprint density at radius 1 is 1.00 bits per heavy atom. The predicted octanol–water partition coefficient (Wildman–Crippen LogP) is 2.43. The van der Waals surface area contributed by atoms with Crippen LogP contribution in [0.3, 0.4) is 0 Å². The van der Waals surface area contributed by atoms with Gasteiger partial charge in [-0.1, -0.05) is 48.6 Å². The second-order valence-corrected chi connectivity index (χ2v) is 11.2. The molecule has 0 fully saturated rings. The second-order valence-electron chi connectivity index (χ2n) is 9.47. The number of carboxylic acids is 1. The van der Waals surface area contributed by atoms with E-state index in [0.29, 0.717) is 23.4 Å². The number of fused-ring (bicyclic) bond motifs is 1. The largest absolute Gasteiger partial charge is 0.493 e. The average Bonchev–Trinajstić information content (AvgIpc) is 3.02. The summed E-state index contributed by atoms with van der Waals surface area (Å²) in [5.74, 6) is -1.02. The minimum absolute atomic E-state index is 0.0149. The molecule has 0 bridgehead atoms. The Balaban J connectivity index is 1.41. The number of H-pyrrole nitrogens is 1. The minimum Gasteiger partial charge on any atom is -0.493 e. The molecule has 2 amide bonds. The molecule has 5 N–H and O–H groups in total. The number of nitrogens with zero attached hydrogens (tertiary/aromatic N) is 1. The Bertz CT molecular complexity index is 1840. The van der Waals surface area contributed by atoms with Crippen LogP contribution in [0.1, 0.15) is 17.0 Å². The van der Waals surface area contributed by atoms with Gasteiger partial charge < -0.3 is 30.2 Å². The van der Waals surface area contributed by atoms with Gasteiger partial charge >= 0.3 is 12.0 Å². The molecule has 0 radical (unpaired) electrons. The van der Waals surface area contributed by atoms with Gasteiger partial charge in [-0.3, -0.25) is 9.59 Å². The molecule has 4 aromatic rings. The molecule has 4 rings (SSSR count). The average molecular weight is 622 g/mol. The fourth-order valence-corrected chi connectivity index (χ4v) is 5.41. The van der Waals surface area contributed by atoms with E-state index in [1.54, 1.807) is 30.4 Å². The van der Waals surface area contributed by atoms with Gasteiger partial charge in [-0.15, -0.1) is 0 Å². The van der Waals surface area contributed by atoms with Gasteiger partial charge in [0.2, 0.25) is 10.0 Å². The molecule has 0 aliphatic rings. The van der Waals surface area contributed by atoms with E-state index in [4.69, 9.17) is 9.47 Å². The topological polar surface area (TPSA) is 189 Å². The first-order valence-corrected chi connectivity index (χ1v) is 14.8. The number of carbonyl (C=O) groups excluding carboxylic acids is 1. The van der Waals surface area contributed by atoms with Gasteiger partial charge in [-0.05, 0) is 35.4 Å². The number of benzene rings is 3. The van der Waals surface area contributed by atoms with E-state index in [2.05, 4.69) is 25.3 Å².